The molecule has 0 spiro atoms. The van der Waals surface area contributed by atoms with Crippen LogP contribution in [0.2, 0.25) is 0 Å². The average Bonchev–Trinajstić information content (AvgIpc) is 2.98. The van der Waals surface area contributed by atoms with E-state index in [1.54, 1.807) is 30.3 Å². The summed E-state index contributed by atoms with van der Waals surface area (Å²) < 4.78 is 41.1. The Morgan fingerprint density at radius 1 is 1.27 bits per heavy atom. The van der Waals surface area contributed by atoms with Gasteiger partial charge in [0.25, 0.3) is 0 Å². The van der Waals surface area contributed by atoms with Crippen LogP contribution in [-0.2, 0) is 16.1 Å². The summed E-state index contributed by atoms with van der Waals surface area (Å²) in [5.41, 5.74) is -4.14. The first-order valence-corrected chi connectivity index (χ1v) is 8.05. The van der Waals surface area contributed by atoms with E-state index < -0.39 is 48.6 Å². The monoisotopic (exact) mass is 374 g/mol. The van der Waals surface area contributed by atoms with E-state index in [2.05, 4.69) is 0 Å². The molecule has 1 amide bonds. The number of carboxylic acid groups (broad SMARTS) is 1. The summed E-state index contributed by atoms with van der Waals surface area (Å²) in [4.78, 5) is 24.7. The molecule has 0 radical (unpaired) electrons. The number of nitrogens with one attached hydrogen (secondary N) is 1. The molecule has 3 N–H and O–H groups in total. The molecule has 0 aliphatic carbocycles. The van der Waals surface area contributed by atoms with Crippen molar-refractivity contribution in [1.82, 2.24) is 10.2 Å². The third kappa shape index (κ3) is 4.16. The molecule has 1 saturated heterocycles. The van der Waals surface area contributed by atoms with Gasteiger partial charge >= 0.3 is 12.1 Å². The Labute approximate surface area is 148 Å². The molecular formula is C17H21F3N2O4. The molecule has 0 aromatic heterocycles. The van der Waals surface area contributed by atoms with E-state index in [4.69, 9.17) is 5.11 Å². The van der Waals surface area contributed by atoms with Gasteiger partial charge in [-0.15, -0.1) is 0 Å². The number of aliphatic carboxylic acids is 1. The number of benzene rings is 1. The van der Waals surface area contributed by atoms with E-state index >= 15 is 0 Å². The Kier molecular flexibility index (Phi) is 5.62. The molecular weight excluding hydrogens is 353 g/mol. The first-order chi connectivity index (χ1) is 12.0. The van der Waals surface area contributed by atoms with Crippen LogP contribution >= 0.6 is 0 Å². The standard InChI is InChI=1S/C17H21F3N2O4/c1-15(26,14(24)25)10-21-13(23)16(17(18,19)20)7-8-22(11-16)9-12-5-3-2-4-6-12/h2-6,26H,7-11H2,1H3,(H,21,23)(H,24,25). The van der Waals surface area contributed by atoms with Crippen LogP contribution in [-0.4, -0.2) is 58.4 Å². The molecule has 2 atom stereocenters. The number of hydrogen-bond donors (Lipinski definition) is 3. The van der Waals surface area contributed by atoms with Crippen LogP contribution in [0.15, 0.2) is 30.3 Å². The Bertz CT molecular complexity index is 664. The number of carbonyl (C=O) groups excluding carboxylic acids is 1. The zero-order valence-electron chi connectivity index (χ0n) is 14.2. The minimum Gasteiger partial charge on any atom is -0.479 e. The van der Waals surface area contributed by atoms with E-state index in [-0.39, 0.29) is 13.1 Å². The number of carboxylic acids is 1. The molecule has 9 heteroatoms. The Morgan fingerprint density at radius 2 is 1.88 bits per heavy atom. The molecule has 0 saturated carbocycles. The molecule has 1 aliphatic rings. The number of carbonyl (C=O) groups is 2. The van der Waals surface area contributed by atoms with Crippen LogP contribution in [0, 0.1) is 5.41 Å². The highest BCUT2D eigenvalue weighted by Crippen LogP contribution is 2.46. The molecule has 2 rings (SSSR count). The predicted molar refractivity (Wildman–Crippen MR) is 86.1 cm³/mol. The summed E-state index contributed by atoms with van der Waals surface area (Å²) >= 11 is 0. The predicted octanol–water partition coefficient (Wildman–Crippen LogP) is 1.39. The van der Waals surface area contributed by atoms with Gasteiger partial charge in [-0.2, -0.15) is 13.2 Å². The maximum Gasteiger partial charge on any atom is 0.404 e. The van der Waals surface area contributed by atoms with Gasteiger partial charge < -0.3 is 15.5 Å². The summed E-state index contributed by atoms with van der Waals surface area (Å²) in [6.07, 6.45) is -5.22. The molecule has 1 heterocycles. The van der Waals surface area contributed by atoms with Crippen molar-refractivity contribution >= 4 is 11.9 Å². The van der Waals surface area contributed by atoms with Crippen molar-refractivity contribution in [3.63, 3.8) is 0 Å². The lowest BCUT2D eigenvalue weighted by molar-refractivity contribution is -0.218. The lowest BCUT2D eigenvalue weighted by Gasteiger charge is -2.31. The SMILES string of the molecule is CC(O)(CNC(=O)C1(C(F)(F)F)CCN(Cc2ccccc2)C1)C(=O)O. The molecule has 1 aliphatic heterocycles. The van der Waals surface area contributed by atoms with Gasteiger partial charge in [-0.05, 0) is 25.5 Å². The molecule has 0 bridgehead atoms. The number of likely N-dealkylation sites (tertiary alicyclic amines) is 1. The van der Waals surface area contributed by atoms with Crippen LogP contribution in [0.25, 0.3) is 0 Å². The van der Waals surface area contributed by atoms with Crippen molar-refractivity contribution in [1.29, 1.82) is 0 Å². The van der Waals surface area contributed by atoms with Gasteiger partial charge in [0, 0.05) is 13.1 Å². The van der Waals surface area contributed by atoms with E-state index in [9.17, 15) is 27.9 Å². The van der Waals surface area contributed by atoms with Crippen LogP contribution in [0.3, 0.4) is 0 Å². The highest BCUT2D eigenvalue weighted by molar-refractivity contribution is 5.85. The van der Waals surface area contributed by atoms with Crippen molar-refractivity contribution in [2.75, 3.05) is 19.6 Å². The zero-order valence-corrected chi connectivity index (χ0v) is 14.2. The van der Waals surface area contributed by atoms with E-state index in [1.165, 1.54) is 4.90 Å². The van der Waals surface area contributed by atoms with Gasteiger partial charge in [-0.3, -0.25) is 9.69 Å². The maximum absolute atomic E-state index is 13.7. The van der Waals surface area contributed by atoms with Crippen molar-refractivity contribution in [2.24, 2.45) is 5.41 Å². The third-order valence-electron chi connectivity index (χ3n) is 4.63. The highest BCUT2D eigenvalue weighted by Gasteiger charge is 2.63. The second-order valence-corrected chi connectivity index (χ2v) is 6.79. The summed E-state index contributed by atoms with van der Waals surface area (Å²) in [7, 11) is 0. The second kappa shape index (κ2) is 7.24. The lowest BCUT2D eigenvalue weighted by Crippen LogP contribution is -2.56. The fourth-order valence-electron chi connectivity index (χ4n) is 2.91. The minimum atomic E-state index is -4.79. The fourth-order valence-corrected chi connectivity index (χ4v) is 2.91. The first kappa shape index (κ1) is 20.2. The van der Waals surface area contributed by atoms with Crippen molar-refractivity contribution in [3.8, 4) is 0 Å². The largest absolute Gasteiger partial charge is 0.479 e. The van der Waals surface area contributed by atoms with Crippen LogP contribution < -0.4 is 5.32 Å². The number of aliphatic hydroxyl groups is 1. The van der Waals surface area contributed by atoms with Gasteiger partial charge in [0.1, 0.15) is 0 Å². The third-order valence-corrected chi connectivity index (χ3v) is 4.63. The summed E-state index contributed by atoms with van der Waals surface area (Å²) in [5.74, 6) is -2.95. The van der Waals surface area contributed by atoms with Crippen LogP contribution in [0.1, 0.15) is 18.9 Å². The van der Waals surface area contributed by atoms with Gasteiger partial charge in [0.2, 0.25) is 5.91 Å². The van der Waals surface area contributed by atoms with Gasteiger partial charge in [0.05, 0.1) is 6.54 Å². The van der Waals surface area contributed by atoms with Gasteiger partial charge in [-0.25, -0.2) is 4.79 Å². The maximum atomic E-state index is 13.7. The van der Waals surface area contributed by atoms with E-state index in [0.29, 0.717) is 0 Å². The average molecular weight is 374 g/mol. The molecule has 144 valence electrons. The number of halogens is 3. The van der Waals surface area contributed by atoms with Crippen molar-refractivity contribution in [3.05, 3.63) is 35.9 Å². The summed E-state index contributed by atoms with van der Waals surface area (Å²) in [5, 5.41) is 20.4. The zero-order chi connectivity index (χ0) is 19.6. The van der Waals surface area contributed by atoms with E-state index in [0.717, 1.165) is 12.5 Å². The number of nitrogens with zero attached hydrogens (tertiary/aromatic N) is 1. The first-order valence-electron chi connectivity index (χ1n) is 8.05. The molecule has 1 aromatic carbocycles. The fraction of sp³-hybridized carbons (Fsp3) is 0.529. The second-order valence-electron chi connectivity index (χ2n) is 6.79. The topological polar surface area (TPSA) is 89.9 Å². The van der Waals surface area contributed by atoms with Crippen molar-refractivity contribution in [2.45, 2.75) is 31.7 Å². The molecule has 6 nitrogen and oxygen atoms in total. The Morgan fingerprint density at radius 3 is 2.42 bits per heavy atom. The van der Waals surface area contributed by atoms with E-state index in [1.807, 2.05) is 5.32 Å². The Balaban J connectivity index is 2.12. The van der Waals surface area contributed by atoms with Gasteiger partial charge in [0.15, 0.2) is 11.0 Å². The quantitative estimate of drug-likeness (QED) is 0.700. The van der Waals surface area contributed by atoms with Crippen LogP contribution in [0.4, 0.5) is 13.2 Å². The molecule has 1 aromatic rings. The lowest BCUT2D eigenvalue weighted by atomic mass is 9.85. The van der Waals surface area contributed by atoms with Gasteiger partial charge in [-0.1, -0.05) is 30.3 Å². The number of amides is 1. The smallest absolute Gasteiger partial charge is 0.404 e. The molecule has 2 unspecified atom stereocenters. The minimum absolute atomic E-state index is 0.0805. The number of hydrogen-bond acceptors (Lipinski definition) is 4. The summed E-state index contributed by atoms with van der Waals surface area (Å²) in [6.45, 7) is -0.0632. The Hall–Kier alpha value is -2.13. The highest BCUT2D eigenvalue weighted by atomic mass is 19.4. The van der Waals surface area contributed by atoms with Crippen LogP contribution in [0.5, 0.6) is 0 Å². The van der Waals surface area contributed by atoms with Crippen molar-refractivity contribution < 1.29 is 33.0 Å². The summed E-state index contributed by atoms with van der Waals surface area (Å²) in [6, 6.07) is 8.94. The molecule has 26 heavy (non-hydrogen) atoms. The normalized spacial score (nSPS) is 23.4. The number of rotatable bonds is 6. The number of alkyl halides is 3. The molecule has 1 fully saturated rings.